The molecule has 0 aliphatic carbocycles. The Labute approximate surface area is 82.8 Å². The Hall–Kier alpha value is -1.64. The third-order valence-electron chi connectivity index (χ3n) is 1.98. The lowest BCUT2D eigenvalue weighted by Gasteiger charge is -1.96. The molecule has 14 heavy (non-hydrogen) atoms. The van der Waals surface area contributed by atoms with Gasteiger partial charge in [0.2, 0.25) is 5.89 Å². The van der Waals surface area contributed by atoms with Gasteiger partial charge in [0.1, 0.15) is 11.5 Å². The molecule has 2 heterocycles. The molecule has 72 valence electrons. The van der Waals surface area contributed by atoms with E-state index in [1.807, 2.05) is 18.2 Å². The molecule has 0 saturated heterocycles. The number of hydrogen-bond acceptors (Lipinski definition) is 3. The van der Waals surface area contributed by atoms with Crippen molar-refractivity contribution in [2.24, 2.45) is 0 Å². The Morgan fingerprint density at radius 3 is 2.64 bits per heavy atom. The molecule has 0 aliphatic rings. The first kappa shape index (κ1) is 8.94. The van der Waals surface area contributed by atoms with E-state index in [1.54, 1.807) is 12.4 Å². The van der Waals surface area contributed by atoms with Crippen LogP contribution >= 0.6 is 0 Å². The topological polar surface area (TPSA) is 38.9 Å². The van der Waals surface area contributed by atoms with Gasteiger partial charge in [0.05, 0.1) is 6.20 Å². The SMILES string of the molecule is CC(C)c1cnc(-c2ccccn2)o1. The second kappa shape index (κ2) is 3.62. The van der Waals surface area contributed by atoms with Gasteiger partial charge in [0.25, 0.3) is 0 Å². The summed E-state index contributed by atoms with van der Waals surface area (Å²) < 4.78 is 5.56. The maximum Gasteiger partial charge on any atom is 0.245 e. The number of pyridine rings is 1. The summed E-state index contributed by atoms with van der Waals surface area (Å²) >= 11 is 0. The van der Waals surface area contributed by atoms with Crippen LogP contribution in [0.5, 0.6) is 0 Å². The van der Waals surface area contributed by atoms with Gasteiger partial charge < -0.3 is 4.42 Å². The second-order valence-corrected chi connectivity index (χ2v) is 3.44. The van der Waals surface area contributed by atoms with E-state index in [0.717, 1.165) is 11.5 Å². The molecular weight excluding hydrogens is 176 g/mol. The molecular formula is C11H12N2O. The Morgan fingerprint density at radius 1 is 1.21 bits per heavy atom. The molecule has 0 amide bonds. The normalized spacial score (nSPS) is 10.8. The van der Waals surface area contributed by atoms with E-state index in [0.29, 0.717) is 11.8 Å². The molecule has 0 radical (unpaired) electrons. The highest BCUT2D eigenvalue weighted by Crippen LogP contribution is 2.21. The summed E-state index contributed by atoms with van der Waals surface area (Å²) in [7, 11) is 0. The minimum Gasteiger partial charge on any atom is -0.440 e. The van der Waals surface area contributed by atoms with Crippen LogP contribution in [0.3, 0.4) is 0 Å². The molecule has 0 atom stereocenters. The quantitative estimate of drug-likeness (QED) is 0.727. The van der Waals surface area contributed by atoms with Crippen molar-refractivity contribution in [3.63, 3.8) is 0 Å². The van der Waals surface area contributed by atoms with Crippen molar-refractivity contribution in [3.05, 3.63) is 36.4 Å². The van der Waals surface area contributed by atoms with Crippen LogP contribution in [0.2, 0.25) is 0 Å². The number of aromatic nitrogens is 2. The summed E-state index contributed by atoms with van der Waals surface area (Å²) in [5.74, 6) is 1.85. The minimum atomic E-state index is 0.361. The highest BCUT2D eigenvalue weighted by molar-refractivity contribution is 5.45. The highest BCUT2D eigenvalue weighted by atomic mass is 16.4. The zero-order valence-corrected chi connectivity index (χ0v) is 8.27. The maximum atomic E-state index is 5.56. The first-order valence-corrected chi connectivity index (χ1v) is 4.64. The number of nitrogens with zero attached hydrogens (tertiary/aromatic N) is 2. The number of rotatable bonds is 2. The summed E-state index contributed by atoms with van der Waals surface area (Å²) in [4.78, 5) is 8.34. The standard InChI is InChI=1S/C11H12N2O/c1-8(2)10-7-13-11(14-10)9-5-3-4-6-12-9/h3-8H,1-2H3. The first-order chi connectivity index (χ1) is 6.77. The van der Waals surface area contributed by atoms with Crippen molar-refractivity contribution in [1.29, 1.82) is 0 Å². The van der Waals surface area contributed by atoms with Crippen LogP contribution in [0, 0.1) is 0 Å². The van der Waals surface area contributed by atoms with Crippen molar-refractivity contribution in [1.82, 2.24) is 9.97 Å². The van der Waals surface area contributed by atoms with Gasteiger partial charge in [-0.25, -0.2) is 4.98 Å². The van der Waals surface area contributed by atoms with Crippen molar-refractivity contribution in [2.45, 2.75) is 19.8 Å². The van der Waals surface area contributed by atoms with Crippen LogP contribution in [0.25, 0.3) is 11.6 Å². The van der Waals surface area contributed by atoms with E-state index in [1.165, 1.54) is 0 Å². The van der Waals surface area contributed by atoms with E-state index >= 15 is 0 Å². The van der Waals surface area contributed by atoms with Gasteiger partial charge in [0.15, 0.2) is 0 Å². The van der Waals surface area contributed by atoms with E-state index in [-0.39, 0.29) is 0 Å². The lowest BCUT2D eigenvalue weighted by Crippen LogP contribution is -1.81. The molecule has 0 aromatic carbocycles. The van der Waals surface area contributed by atoms with Crippen molar-refractivity contribution in [2.75, 3.05) is 0 Å². The van der Waals surface area contributed by atoms with Gasteiger partial charge in [-0.2, -0.15) is 0 Å². The Kier molecular flexibility index (Phi) is 2.31. The molecule has 3 heteroatoms. The average molecular weight is 188 g/mol. The third-order valence-corrected chi connectivity index (χ3v) is 1.98. The van der Waals surface area contributed by atoms with E-state index in [9.17, 15) is 0 Å². The largest absolute Gasteiger partial charge is 0.440 e. The summed E-state index contributed by atoms with van der Waals surface area (Å²) in [6.07, 6.45) is 3.49. The molecule has 3 nitrogen and oxygen atoms in total. The molecule has 2 rings (SSSR count). The van der Waals surface area contributed by atoms with Gasteiger partial charge in [-0.15, -0.1) is 0 Å². The zero-order chi connectivity index (χ0) is 9.97. The van der Waals surface area contributed by atoms with Crippen LogP contribution in [0.15, 0.2) is 35.0 Å². The fourth-order valence-electron chi connectivity index (χ4n) is 1.16. The van der Waals surface area contributed by atoms with Gasteiger partial charge in [-0.1, -0.05) is 19.9 Å². The fourth-order valence-corrected chi connectivity index (χ4v) is 1.16. The van der Waals surface area contributed by atoms with Gasteiger partial charge in [0, 0.05) is 12.1 Å². The molecule has 0 bridgehead atoms. The summed E-state index contributed by atoms with van der Waals surface area (Å²) in [6, 6.07) is 5.67. The Morgan fingerprint density at radius 2 is 2.07 bits per heavy atom. The van der Waals surface area contributed by atoms with E-state index in [2.05, 4.69) is 23.8 Å². The van der Waals surface area contributed by atoms with Crippen molar-refractivity contribution < 1.29 is 4.42 Å². The second-order valence-electron chi connectivity index (χ2n) is 3.44. The summed E-state index contributed by atoms with van der Waals surface area (Å²) in [6.45, 7) is 4.14. The summed E-state index contributed by atoms with van der Waals surface area (Å²) in [5, 5.41) is 0. The van der Waals surface area contributed by atoms with Crippen LogP contribution in [0.4, 0.5) is 0 Å². The monoisotopic (exact) mass is 188 g/mol. The number of hydrogen-bond donors (Lipinski definition) is 0. The minimum absolute atomic E-state index is 0.361. The lowest BCUT2D eigenvalue weighted by molar-refractivity contribution is 0.493. The maximum absolute atomic E-state index is 5.56. The third kappa shape index (κ3) is 1.66. The first-order valence-electron chi connectivity index (χ1n) is 4.64. The Balaban J connectivity index is 2.34. The predicted octanol–water partition coefficient (Wildman–Crippen LogP) is 2.86. The number of oxazole rings is 1. The van der Waals surface area contributed by atoms with Crippen LogP contribution in [-0.2, 0) is 0 Å². The summed E-state index contributed by atoms with van der Waals surface area (Å²) in [5.41, 5.74) is 0.777. The molecule has 0 spiro atoms. The van der Waals surface area contributed by atoms with Crippen molar-refractivity contribution in [3.8, 4) is 11.6 Å². The Bertz CT molecular complexity index is 406. The van der Waals surface area contributed by atoms with Crippen LogP contribution < -0.4 is 0 Å². The zero-order valence-electron chi connectivity index (χ0n) is 8.27. The molecule has 0 fully saturated rings. The highest BCUT2D eigenvalue weighted by Gasteiger charge is 2.09. The predicted molar refractivity (Wildman–Crippen MR) is 53.8 cm³/mol. The van der Waals surface area contributed by atoms with Crippen molar-refractivity contribution >= 4 is 0 Å². The van der Waals surface area contributed by atoms with Gasteiger partial charge in [-0.3, -0.25) is 4.98 Å². The molecule has 2 aromatic heterocycles. The van der Waals surface area contributed by atoms with Crippen LogP contribution in [0.1, 0.15) is 25.5 Å². The van der Waals surface area contributed by atoms with E-state index < -0.39 is 0 Å². The van der Waals surface area contributed by atoms with Gasteiger partial charge in [-0.05, 0) is 12.1 Å². The lowest BCUT2D eigenvalue weighted by atomic mass is 10.2. The van der Waals surface area contributed by atoms with E-state index in [4.69, 9.17) is 4.42 Å². The molecule has 0 unspecified atom stereocenters. The smallest absolute Gasteiger partial charge is 0.245 e. The molecule has 0 saturated carbocycles. The molecule has 0 aliphatic heterocycles. The molecule has 2 aromatic rings. The fraction of sp³-hybridized carbons (Fsp3) is 0.273. The average Bonchev–Trinajstić information content (AvgIpc) is 2.68. The molecule has 0 N–H and O–H groups in total. The van der Waals surface area contributed by atoms with Crippen LogP contribution in [-0.4, -0.2) is 9.97 Å². The van der Waals surface area contributed by atoms with Gasteiger partial charge >= 0.3 is 0 Å².